The third-order valence-electron chi connectivity index (χ3n) is 4.52. The molecule has 120 valence electrons. The zero-order valence-electron chi connectivity index (χ0n) is 13.0. The number of nitro benzene ring substituents is 1. The number of rotatable bonds is 5. The maximum absolute atomic E-state index is 11.4. The molecule has 1 aliphatic carbocycles. The highest BCUT2D eigenvalue weighted by atomic mass is 16.6. The highest BCUT2D eigenvalue weighted by Gasteiger charge is 2.53. The number of phenols is 1. The van der Waals surface area contributed by atoms with Crippen LogP contribution >= 0.6 is 0 Å². The molecule has 0 spiro atoms. The van der Waals surface area contributed by atoms with E-state index in [4.69, 9.17) is 6.57 Å². The quantitative estimate of drug-likeness (QED) is 0.381. The Kier molecular flexibility index (Phi) is 3.82. The largest absolute Gasteiger partial charge is 0.502 e. The van der Waals surface area contributed by atoms with Crippen molar-refractivity contribution >= 4 is 5.69 Å². The molecule has 1 saturated carbocycles. The number of aromatic hydroxyl groups is 1. The van der Waals surface area contributed by atoms with Gasteiger partial charge in [0.2, 0.25) is 0 Å². The SMILES string of the molecule is [C-]#[N+]C1(c2cc(C(C=C)c3ccccc3)c(O)c([N+](=O)[O-])c2)CC1. The second-order valence-electron chi connectivity index (χ2n) is 5.96. The lowest BCUT2D eigenvalue weighted by Crippen LogP contribution is -2.06. The predicted octanol–water partition coefficient (Wildman–Crippen LogP) is 4.53. The molecule has 0 aliphatic heterocycles. The van der Waals surface area contributed by atoms with Crippen LogP contribution in [0, 0.1) is 16.7 Å². The van der Waals surface area contributed by atoms with Crippen LogP contribution < -0.4 is 0 Å². The Morgan fingerprint density at radius 2 is 2.00 bits per heavy atom. The van der Waals surface area contributed by atoms with Gasteiger partial charge in [-0.1, -0.05) is 36.4 Å². The molecule has 0 bridgehead atoms. The lowest BCUT2D eigenvalue weighted by molar-refractivity contribution is -0.386. The van der Waals surface area contributed by atoms with E-state index in [1.165, 1.54) is 6.07 Å². The zero-order valence-corrected chi connectivity index (χ0v) is 13.0. The highest BCUT2D eigenvalue weighted by Crippen LogP contribution is 2.52. The van der Waals surface area contributed by atoms with Gasteiger partial charge < -0.3 is 9.95 Å². The molecule has 2 aromatic carbocycles. The molecule has 24 heavy (non-hydrogen) atoms. The van der Waals surface area contributed by atoms with E-state index in [2.05, 4.69) is 11.4 Å². The van der Waals surface area contributed by atoms with Crippen molar-refractivity contribution in [1.82, 2.24) is 0 Å². The monoisotopic (exact) mass is 320 g/mol. The third-order valence-corrected chi connectivity index (χ3v) is 4.52. The molecule has 5 heteroatoms. The Morgan fingerprint density at radius 3 is 2.50 bits per heavy atom. The maximum Gasteiger partial charge on any atom is 0.311 e. The van der Waals surface area contributed by atoms with Crippen molar-refractivity contribution in [3.05, 3.63) is 93.3 Å². The number of phenolic OH excluding ortho intramolecular Hbond substituents is 1. The smallest absolute Gasteiger partial charge is 0.311 e. The van der Waals surface area contributed by atoms with Crippen molar-refractivity contribution in [2.75, 3.05) is 0 Å². The normalized spacial score (nSPS) is 16.0. The average molecular weight is 320 g/mol. The molecule has 0 heterocycles. The Bertz CT molecular complexity index is 849. The summed E-state index contributed by atoms with van der Waals surface area (Å²) in [5, 5.41) is 21.8. The number of nitrogens with zero attached hydrogens (tertiary/aromatic N) is 2. The van der Waals surface area contributed by atoms with Crippen LogP contribution in [0.1, 0.15) is 35.4 Å². The fourth-order valence-corrected chi connectivity index (χ4v) is 2.97. The van der Waals surface area contributed by atoms with Crippen molar-refractivity contribution in [3.8, 4) is 5.75 Å². The number of nitro groups is 1. The molecule has 2 aromatic rings. The van der Waals surface area contributed by atoms with Gasteiger partial charge >= 0.3 is 5.69 Å². The molecule has 0 saturated heterocycles. The van der Waals surface area contributed by atoms with Gasteiger partial charge in [-0.3, -0.25) is 10.1 Å². The van der Waals surface area contributed by atoms with Gasteiger partial charge in [0.25, 0.3) is 5.54 Å². The minimum Gasteiger partial charge on any atom is -0.502 e. The van der Waals surface area contributed by atoms with E-state index in [1.807, 2.05) is 30.3 Å². The molecule has 1 unspecified atom stereocenters. The number of hydrogen-bond donors (Lipinski definition) is 1. The Balaban J connectivity index is 2.21. The minimum absolute atomic E-state index is 0.361. The standard InChI is InChI=1S/C19H16N2O3/c1-3-15(13-7-5-4-6-8-13)16-11-14(19(20-2)9-10-19)12-17(18(16)22)21(23)24/h3-8,11-12,15,22H,1,9-10H2. The second-order valence-corrected chi connectivity index (χ2v) is 5.96. The van der Waals surface area contributed by atoms with Gasteiger partial charge in [-0.05, 0) is 11.6 Å². The van der Waals surface area contributed by atoms with Crippen LogP contribution in [0.3, 0.4) is 0 Å². The molecule has 1 fully saturated rings. The molecule has 5 nitrogen and oxygen atoms in total. The van der Waals surface area contributed by atoms with Gasteiger partial charge in [0.05, 0.1) is 4.92 Å². The van der Waals surface area contributed by atoms with Crippen LogP contribution in [0.2, 0.25) is 0 Å². The lowest BCUT2D eigenvalue weighted by atomic mass is 9.87. The summed E-state index contributed by atoms with van der Waals surface area (Å²) < 4.78 is 0. The van der Waals surface area contributed by atoms with E-state index in [0.717, 1.165) is 5.56 Å². The summed E-state index contributed by atoms with van der Waals surface area (Å²) in [5.74, 6) is -0.746. The Hall–Kier alpha value is -3.13. The first kappa shape index (κ1) is 15.8. The summed E-state index contributed by atoms with van der Waals surface area (Å²) in [5.41, 5.74) is 0.840. The number of hydrogen-bond acceptors (Lipinski definition) is 3. The summed E-state index contributed by atoms with van der Waals surface area (Å²) >= 11 is 0. The topological polar surface area (TPSA) is 67.7 Å². The van der Waals surface area contributed by atoms with Gasteiger partial charge in [0, 0.05) is 36.0 Å². The first-order chi connectivity index (χ1) is 11.5. The number of allylic oxidation sites excluding steroid dienone is 1. The second kappa shape index (κ2) is 5.82. The van der Waals surface area contributed by atoms with Crippen LogP contribution in [-0.4, -0.2) is 10.0 Å². The Labute approximate surface area is 139 Å². The summed E-state index contributed by atoms with van der Waals surface area (Å²) in [6.07, 6.45) is 3.01. The van der Waals surface area contributed by atoms with Crippen LogP contribution in [0.4, 0.5) is 5.69 Å². The zero-order chi connectivity index (χ0) is 17.3. The summed E-state index contributed by atoms with van der Waals surface area (Å²) in [4.78, 5) is 14.4. The van der Waals surface area contributed by atoms with Gasteiger partial charge in [0.1, 0.15) is 0 Å². The predicted molar refractivity (Wildman–Crippen MR) is 90.8 cm³/mol. The molecule has 0 aromatic heterocycles. The summed E-state index contributed by atoms with van der Waals surface area (Å²) in [7, 11) is 0. The van der Waals surface area contributed by atoms with Crippen molar-refractivity contribution in [3.63, 3.8) is 0 Å². The van der Waals surface area contributed by atoms with Crippen molar-refractivity contribution in [2.24, 2.45) is 0 Å². The molecular formula is C19H16N2O3. The summed E-state index contributed by atoms with van der Waals surface area (Å²) in [6, 6.07) is 12.4. The van der Waals surface area contributed by atoms with Crippen molar-refractivity contribution in [2.45, 2.75) is 24.3 Å². The first-order valence-corrected chi connectivity index (χ1v) is 7.60. The van der Waals surface area contributed by atoms with E-state index in [9.17, 15) is 15.2 Å². The van der Waals surface area contributed by atoms with Crippen LogP contribution in [0.25, 0.3) is 4.85 Å². The van der Waals surface area contributed by atoms with Gasteiger partial charge in [-0.15, -0.1) is 6.58 Å². The lowest BCUT2D eigenvalue weighted by Gasteiger charge is -2.17. The minimum atomic E-state index is -0.685. The van der Waals surface area contributed by atoms with Crippen LogP contribution in [0.5, 0.6) is 5.75 Å². The van der Waals surface area contributed by atoms with E-state index in [-0.39, 0.29) is 17.4 Å². The van der Waals surface area contributed by atoms with Crippen LogP contribution in [-0.2, 0) is 5.54 Å². The highest BCUT2D eigenvalue weighted by molar-refractivity contribution is 5.59. The molecule has 1 N–H and O–H groups in total. The molecule has 0 amide bonds. The fraction of sp³-hybridized carbons (Fsp3) is 0.211. The van der Waals surface area contributed by atoms with Crippen molar-refractivity contribution in [1.29, 1.82) is 0 Å². The maximum atomic E-state index is 11.4. The first-order valence-electron chi connectivity index (χ1n) is 7.60. The summed E-state index contributed by atoms with van der Waals surface area (Å²) in [6.45, 7) is 11.2. The van der Waals surface area contributed by atoms with E-state index in [1.54, 1.807) is 12.1 Å². The fourth-order valence-electron chi connectivity index (χ4n) is 2.97. The van der Waals surface area contributed by atoms with Crippen molar-refractivity contribution < 1.29 is 10.0 Å². The number of benzene rings is 2. The van der Waals surface area contributed by atoms with E-state index < -0.39 is 10.5 Å². The van der Waals surface area contributed by atoms with Gasteiger partial charge in [-0.25, -0.2) is 6.57 Å². The van der Waals surface area contributed by atoms with E-state index >= 15 is 0 Å². The molecule has 1 aliphatic rings. The molecule has 1 atom stereocenters. The average Bonchev–Trinajstić information content (AvgIpc) is 3.39. The van der Waals surface area contributed by atoms with E-state index in [0.29, 0.717) is 24.0 Å². The molecular weight excluding hydrogens is 304 g/mol. The van der Waals surface area contributed by atoms with Crippen LogP contribution in [0.15, 0.2) is 55.1 Å². The van der Waals surface area contributed by atoms with Gasteiger partial charge in [-0.2, -0.15) is 0 Å². The molecule has 3 rings (SSSR count). The molecule has 0 radical (unpaired) electrons. The third kappa shape index (κ3) is 2.52. The van der Waals surface area contributed by atoms with Gasteiger partial charge in [0.15, 0.2) is 5.75 Å². The Morgan fingerprint density at radius 1 is 1.33 bits per heavy atom.